The number of nitrogens with one attached hydrogen (secondary N) is 1. The molecule has 5 heteroatoms. The summed E-state index contributed by atoms with van der Waals surface area (Å²) in [5, 5.41) is 3.39. The topological polar surface area (TPSA) is 39.1 Å². The van der Waals surface area contributed by atoms with Crippen LogP contribution in [0.3, 0.4) is 0 Å². The molecule has 0 unspecified atom stereocenters. The number of imidazole rings is 1. The van der Waals surface area contributed by atoms with Crippen molar-refractivity contribution in [3.05, 3.63) is 47.5 Å². The molecule has 0 spiro atoms. The lowest BCUT2D eigenvalue weighted by Gasteiger charge is -2.08. The molecule has 108 valence electrons. The van der Waals surface area contributed by atoms with Gasteiger partial charge >= 0.3 is 0 Å². The second-order valence-corrected chi connectivity index (χ2v) is 5.48. The molecule has 2 rings (SSSR count). The Balaban J connectivity index is 1.46. The minimum Gasteiger partial charge on any atom is -0.492 e. The third kappa shape index (κ3) is 5.75. The van der Waals surface area contributed by atoms with Gasteiger partial charge in [0.15, 0.2) is 0 Å². The van der Waals surface area contributed by atoms with E-state index in [1.165, 1.54) is 0 Å². The summed E-state index contributed by atoms with van der Waals surface area (Å²) in [4.78, 5) is 4.02. The molecule has 0 atom stereocenters. The summed E-state index contributed by atoms with van der Waals surface area (Å²) in [6.45, 7) is 3.63. The van der Waals surface area contributed by atoms with Gasteiger partial charge in [-0.3, -0.25) is 0 Å². The van der Waals surface area contributed by atoms with Crippen molar-refractivity contribution in [2.45, 2.75) is 19.4 Å². The van der Waals surface area contributed by atoms with E-state index in [4.69, 9.17) is 4.74 Å². The number of benzene rings is 1. The molecule has 1 heterocycles. The fourth-order valence-corrected chi connectivity index (χ4v) is 2.26. The van der Waals surface area contributed by atoms with Gasteiger partial charge in [-0.05, 0) is 37.6 Å². The van der Waals surface area contributed by atoms with E-state index in [1.807, 2.05) is 43.0 Å². The number of ether oxygens (including phenoxy) is 1. The molecule has 0 saturated carbocycles. The fourth-order valence-electron chi connectivity index (χ4n) is 1.89. The molecule has 1 aromatic heterocycles. The van der Waals surface area contributed by atoms with Crippen LogP contribution in [0.15, 0.2) is 47.5 Å². The SMILES string of the molecule is Brc1cccc(OCCNCCCCn2ccnc2)c1. The molecule has 1 N–H and O–H groups in total. The van der Waals surface area contributed by atoms with E-state index >= 15 is 0 Å². The Hall–Kier alpha value is -1.33. The van der Waals surface area contributed by atoms with Crippen LogP contribution in [-0.2, 0) is 6.54 Å². The summed E-state index contributed by atoms with van der Waals surface area (Å²) >= 11 is 3.43. The molecule has 0 aliphatic rings. The van der Waals surface area contributed by atoms with Gasteiger partial charge in [-0.2, -0.15) is 0 Å². The van der Waals surface area contributed by atoms with Crippen LogP contribution in [0.2, 0.25) is 0 Å². The molecule has 1 aromatic carbocycles. The lowest BCUT2D eigenvalue weighted by Crippen LogP contribution is -2.22. The lowest BCUT2D eigenvalue weighted by molar-refractivity contribution is 0.313. The molecule has 0 amide bonds. The van der Waals surface area contributed by atoms with Crippen LogP contribution < -0.4 is 10.1 Å². The Morgan fingerprint density at radius 1 is 1.25 bits per heavy atom. The van der Waals surface area contributed by atoms with Gasteiger partial charge in [-0.15, -0.1) is 0 Å². The summed E-state index contributed by atoms with van der Waals surface area (Å²) in [6, 6.07) is 7.91. The molecule has 2 aromatic rings. The standard InChI is InChI=1S/C15H20BrN3O/c16-14-4-3-5-15(12-14)20-11-8-17-6-1-2-9-19-10-7-18-13-19/h3-5,7,10,12-13,17H,1-2,6,8-9,11H2. The Labute approximate surface area is 128 Å². The predicted molar refractivity (Wildman–Crippen MR) is 84.0 cm³/mol. The minimum absolute atomic E-state index is 0.692. The average Bonchev–Trinajstić information content (AvgIpc) is 2.95. The second-order valence-electron chi connectivity index (χ2n) is 4.56. The largest absolute Gasteiger partial charge is 0.492 e. The third-order valence-corrected chi connectivity index (χ3v) is 3.42. The molecule has 0 bridgehead atoms. The Bertz CT molecular complexity index is 488. The predicted octanol–water partition coefficient (Wildman–Crippen LogP) is 3.09. The van der Waals surface area contributed by atoms with Crippen LogP contribution in [0.25, 0.3) is 0 Å². The number of rotatable bonds is 9. The van der Waals surface area contributed by atoms with Crippen molar-refractivity contribution < 1.29 is 4.74 Å². The molecule has 0 fully saturated rings. The molecule has 0 aliphatic carbocycles. The fraction of sp³-hybridized carbons (Fsp3) is 0.400. The number of hydrogen-bond donors (Lipinski definition) is 1. The second kappa shape index (κ2) is 8.76. The highest BCUT2D eigenvalue weighted by atomic mass is 79.9. The van der Waals surface area contributed by atoms with Crippen LogP contribution in [0.1, 0.15) is 12.8 Å². The zero-order chi connectivity index (χ0) is 14.0. The van der Waals surface area contributed by atoms with Gasteiger partial charge < -0.3 is 14.6 Å². The molecular weight excluding hydrogens is 318 g/mol. The summed E-state index contributed by atoms with van der Waals surface area (Å²) in [6.07, 6.45) is 8.00. The van der Waals surface area contributed by atoms with E-state index in [0.717, 1.165) is 42.7 Å². The summed E-state index contributed by atoms with van der Waals surface area (Å²) in [7, 11) is 0. The van der Waals surface area contributed by atoms with E-state index in [9.17, 15) is 0 Å². The van der Waals surface area contributed by atoms with Gasteiger partial charge in [0.25, 0.3) is 0 Å². The quantitative estimate of drug-likeness (QED) is 0.714. The first-order valence-electron chi connectivity index (χ1n) is 6.89. The molecule has 4 nitrogen and oxygen atoms in total. The number of halogens is 1. The third-order valence-electron chi connectivity index (χ3n) is 2.92. The van der Waals surface area contributed by atoms with Crippen molar-refractivity contribution in [3.8, 4) is 5.75 Å². The monoisotopic (exact) mass is 337 g/mol. The van der Waals surface area contributed by atoms with Gasteiger partial charge in [0.05, 0.1) is 6.33 Å². The van der Waals surface area contributed by atoms with E-state index in [0.29, 0.717) is 6.61 Å². The van der Waals surface area contributed by atoms with E-state index in [1.54, 1.807) is 0 Å². The molecule has 0 radical (unpaired) electrons. The number of unbranched alkanes of at least 4 members (excludes halogenated alkanes) is 1. The van der Waals surface area contributed by atoms with Gasteiger partial charge in [0.2, 0.25) is 0 Å². The van der Waals surface area contributed by atoms with Crippen LogP contribution >= 0.6 is 15.9 Å². The maximum Gasteiger partial charge on any atom is 0.120 e. The zero-order valence-electron chi connectivity index (χ0n) is 11.5. The van der Waals surface area contributed by atoms with Crippen molar-refractivity contribution in [1.29, 1.82) is 0 Å². The highest BCUT2D eigenvalue weighted by Gasteiger charge is 1.95. The average molecular weight is 338 g/mol. The molecule has 0 aliphatic heterocycles. The summed E-state index contributed by atoms with van der Waals surface area (Å²) < 4.78 is 8.80. The maximum atomic E-state index is 5.65. The van der Waals surface area contributed by atoms with Crippen LogP contribution in [0.4, 0.5) is 0 Å². The lowest BCUT2D eigenvalue weighted by atomic mass is 10.3. The smallest absolute Gasteiger partial charge is 0.120 e. The Morgan fingerprint density at radius 3 is 3.00 bits per heavy atom. The first kappa shape index (κ1) is 15.1. The van der Waals surface area contributed by atoms with Crippen molar-refractivity contribution >= 4 is 15.9 Å². The van der Waals surface area contributed by atoms with Crippen LogP contribution in [0, 0.1) is 0 Å². The highest BCUT2D eigenvalue weighted by molar-refractivity contribution is 9.10. The van der Waals surface area contributed by atoms with Crippen molar-refractivity contribution in [2.24, 2.45) is 0 Å². The number of aryl methyl sites for hydroxylation is 1. The van der Waals surface area contributed by atoms with Gasteiger partial charge in [-0.1, -0.05) is 22.0 Å². The van der Waals surface area contributed by atoms with Crippen molar-refractivity contribution in [2.75, 3.05) is 19.7 Å². The number of hydrogen-bond acceptors (Lipinski definition) is 3. The first-order valence-corrected chi connectivity index (χ1v) is 7.69. The van der Waals surface area contributed by atoms with Gasteiger partial charge in [0.1, 0.15) is 12.4 Å². The van der Waals surface area contributed by atoms with Crippen molar-refractivity contribution in [3.63, 3.8) is 0 Å². The van der Waals surface area contributed by atoms with Crippen LogP contribution in [-0.4, -0.2) is 29.2 Å². The molecule has 0 saturated heterocycles. The summed E-state index contributed by atoms with van der Waals surface area (Å²) in [5.41, 5.74) is 0. The first-order chi connectivity index (χ1) is 9.84. The number of aromatic nitrogens is 2. The van der Waals surface area contributed by atoms with E-state index in [-0.39, 0.29) is 0 Å². The highest BCUT2D eigenvalue weighted by Crippen LogP contribution is 2.17. The zero-order valence-corrected chi connectivity index (χ0v) is 13.1. The van der Waals surface area contributed by atoms with Crippen LogP contribution in [0.5, 0.6) is 5.75 Å². The molecular formula is C15H20BrN3O. The maximum absolute atomic E-state index is 5.65. The minimum atomic E-state index is 0.692. The molecule has 20 heavy (non-hydrogen) atoms. The van der Waals surface area contributed by atoms with Gasteiger partial charge in [0, 0.05) is 30.0 Å². The summed E-state index contributed by atoms with van der Waals surface area (Å²) in [5.74, 6) is 0.904. The van der Waals surface area contributed by atoms with Gasteiger partial charge in [-0.25, -0.2) is 4.98 Å². The normalized spacial score (nSPS) is 10.7. The van der Waals surface area contributed by atoms with E-state index in [2.05, 4.69) is 30.8 Å². The van der Waals surface area contributed by atoms with E-state index < -0.39 is 0 Å². The Kier molecular flexibility index (Phi) is 6.60. The Morgan fingerprint density at radius 2 is 2.20 bits per heavy atom. The van der Waals surface area contributed by atoms with Crippen molar-refractivity contribution in [1.82, 2.24) is 14.9 Å². The number of nitrogens with zero attached hydrogens (tertiary/aromatic N) is 2.